The van der Waals surface area contributed by atoms with Gasteiger partial charge < -0.3 is 16.0 Å². The average molecular weight is 376 g/mol. The van der Waals surface area contributed by atoms with E-state index in [0.717, 1.165) is 18.5 Å². The van der Waals surface area contributed by atoms with Gasteiger partial charge in [0.25, 0.3) is 0 Å². The Balaban J connectivity index is 1.30. The maximum absolute atomic E-state index is 11.9. The highest BCUT2D eigenvalue weighted by Gasteiger charge is 2.02. The molecule has 7 heteroatoms. The van der Waals surface area contributed by atoms with E-state index >= 15 is 0 Å². The first kappa shape index (κ1) is 19.3. The first-order valence-corrected chi connectivity index (χ1v) is 9.35. The molecule has 144 valence electrons. The van der Waals surface area contributed by atoms with Crippen molar-refractivity contribution in [1.29, 1.82) is 0 Å². The van der Waals surface area contributed by atoms with Gasteiger partial charge in [-0.15, -0.1) is 10.2 Å². The number of carbonyl (C=O) groups is 1. The number of hydrogen-bond donors (Lipinski definition) is 3. The van der Waals surface area contributed by atoms with Crippen LogP contribution in [0.3, 0.4) is 0 Å². The molecular formula is C21H24N6O. The zero-order valence-corrected chi connectivity index (χ0v) is 15.6. The van der Waals surface area contributed by atoms with E-state index in [0.29, 0.717) is 31.1 Å². The Hall–Kier alpha value is -3.48. The fraction of sp³-hybridized carbons (Fsp3) is 0.238. The molecule has 2 heterocycles. The number of carbonyl (C=O) groups excluding carboxylic acids is 1. The minimum atomic E-state index is 0.0701. The summed E-state index contributed by atoms with van der Waals surface area (Å²) >= 11 is 0. The molecule has 0 aliphatic carbocycles. The van der Waals surface area contributed by atoms with Crippen LogP contribution in [0, 0.1) is 0 Å². The van der Waals surface area contributed by atoms with Gasteiger partial charge in [0, 0.05) is 37.6 Å². The fourth-order valence-electron chi connectivity index (χ4n) is 2.65. The van der Waals surface area contributed by atoms with Crippen molar-refractivity contribution in [3.05, 3.63) is 72.6 Å². The summed E-state index contributed by atoms with van der Waals surface area (Å²) in [6, 6.07) is 17.6. The lowest BCUT2D eigenvalue weighted by molar-refractivity contribution is -0.121. The van der Waals surface area contributed by atoms with Crippen LogP contribution in [0.5, 0.6) is 0 Å². The molecule has 2 aromatic heterocycles. The monoisotopic (exact) mass is 376 g/mol. The summed E-state index contributed by atoms with van der Waals surface area (Å²) < 4.78 is 0. The number of pyridine rings is 1. The lowest BCUT2D eigenvalue weighted by atomic mass is 10.1. The topological polar surface area (TPSA) is 91.8 Å². The second-order valence-corrected chi connectivity index (χ2v) is 6.28. The van der Waals surface area contributed by atoms with Gasteiger partial charge in [-0.3, -0.25) is 9.78 Å². The number of nitrogens with one attached hydrogen (secondary N) is 3. The van der Waals surface area contributed by atoms with E-state index in [2.05, 4.69) is 43.3 Å². The number of nitrogens with zero attached hydrogens (tertiary/aromatic N) is 3. The molecule has 0 fully saturated rings. The minimum absolute atomic E-state index is 0.0701. The number of aryl methyl sites for hydroxylation is 1. The maximum atomic E-state index is 11.9. The molecule has 1 aromatic carbocycles. The van der Waals surface area contributed by atoms with Gasteiger partial charge >= 0.3 is 0 Å². The highest BCUT2D eigenvalue weighted by Crippen LogP contribution is 2.13. The van der Waals surface area contributed by atoms with Crippen molar-refractivity contribution in [2.45, 2.75) is 19.3 Å². The molecule has 0 aliphatic heterocycles. The van der Waals surface area contributed by atoms with Crippen molar-refractivity contribution in [2.24, 2.45) is 0 Å². The predicted molar refractivity (Wildman–Crippen MR) is 110 cm³/mol. The third-order valence-electron chi connectivity index (χ3n) is 4.08. The molecule has 0 bridgehead atoms. The molecule has 1 amide bonds. The summed E-state index contributed by atoms with van der Waals surface area (Å²) in [7, 11) is 0. The molecule has 3 N–H and O–H groups in total. The van der Waals surface area contributed by atoms with Crippen LogP contribution in [-0.2, 0) is 11.2 Å². The van der Waals surface area contributed by atoms with Crippen molar-refractivity contribution >= 4 is 23.2 Å². The molecular weight excluding hydrogens is 352 g/mol. The Kier molecular flexibility index (Phi) is 7.31. The minimum Gasteiger partial charge on any atom is -0.367 e. The van der Waals surface area contributed by atoms with Crippen LogP contribution in [-0.4, -0.2) is 34.2 Å². The van der Waals surface area contributed by atoms with E-state index in [1.165, 1.54) is 5.56 Å². The van der Waals surface area contributed by atoms with Crippen LogP contribution >= 0.6 is 0 Å². The first-order chi connectivity index (χ1) is 13.8. The van der Waals surface area contributed by atoms with Gasteiger partial charge in [-0.2, -0.15) is 0 Å². The van der Waals surface area contributed by atoms with Crippen LogP contribution in [0.1, 0.15) is 18.4 Å². The van der Waals surface area contributed by atoms with E-state index in [1.807, 2.05) is 42.5 Å². The molecule has 0 radical (unpaired) electrons. The molecule has 0 saturated carbocycles. The van der Waals surface area contributed by atoms with Crippen molar-refractivity contribution < 1.29 is 4.79 Å². The second kappa shape index (κ2) is 10.6. The maximum Gasteiger partial charge on any atom is 0.220 e. The summed E-state index contributed by atoms with van der Waals surface area (Å²) in [5, 5.41) is 17.5. The van der Waals surface area contributed by atoms with Crippen LogP contribution in [0.25, 0.3) is 0 Å². The van der Waals surface area contributed by atoms with Crippen LogP contribution in [0.15, 0.2) is 67.0 Å². The van der Waals surface area contributed by atoms with Crippen molar-refractivity contribution in [3.8, 4) is 0 Å². The van der Waals surface area contributed by atoms with E-state index < -0.39 is 0 Å². The zero-order valence-electron chi connectivity index (χ0n) is 15.6. The third kappa shape index (κ3) is 6.68. The largest absolute Gasteiger partial charge is 0.367 e. The average Bonchev–Trinajstić information content (AvgIpc) is 2.74. The molecule has 0 aliphatic rings. The smallest absolute Gasteiger partial charge is 0.220 e. The van der Waals surface area contributed by atoms with Crippen molar-refractivity contribution in [1.82, 2.24) is 20.5 Å². The van der Waals surface area contributed by atoms with Gasteiger partial charge in [0.15, 0.2) is 5.82 Å². The quantitative estimate of drug-likeness (QED) is 0.471. The standard InChI is InChI=1S/C21H24N6O/c28-21(8-4-7-17-5-2-1-3-6-17)24-16-15-23-19-9-10-20(27-26-19)25-18-11-13-22-14-12-18/h1-3,5-6,9-14H,4,7-8,15-16H2,(H,23,26)(H,24,28)(H,22,25,27). The zero-order chi connectivity index (χ0) is 19.4. The highest BCUT2D eigenvalue weighted by atomic mass is 16.1. The third-order valence-corrected chi connectivity index (χ3v) is 4.08. The van der Waals surface area contributed by atoms with Crippen LogP contribution in [0.2, 0.25) is 0 Å². The Morgan fingerprint density at radius 3 is 2.36 bits per heavy atom. The number of anilines is 3. The molecule has 0 unspecified atom stereocenters. The van der Waals surface area contributed by atoms with E-state index in [-0.39, 0.29) is 5.91 Å². The van der Waals surface area contributed by atoms with E-state index in [9.17, 15) is 4.79 Å². The van der Waals surface area contributed by atoms with Crippen LogP contribution in [0.4, 0.5) is 17.3 Å². The van der Waals surface area contributed by atoms with E-state index in [1.54, 1.807) is 12.4 Å². The summed E-state index contributed by atoms with van der Waals surface area (Å²) in [4.78, 5) is 15.9. The van der Waals surface area contributed by atoms with Crippen molar-refractivity contribution in [2.75, 3.05) is 23.7 Å². The van der Waals surface area contributed by atoms with Crippen molar-refractivity contribution in [3.63, 3.8) is 0 Å². The molecule has 0 spiro atoms. The van der Waals surface area contributed by atoms with Gasteiger partial charge in [0.2, 0.25) is 5.91 Å². The summed E-state index contributed by atoms with van der Waals surface area (Å²) in [5.74, 6) is 1.39. The molecule has 7 nitrogen and oxygen atoms in total. The van der Waals surface area contributed by atoms with Gasteiger partial charge in [0.05, 0.1) is 0 Å². The summed E-state index contributed by atoms with van der Waals surface area (Å²) in [5.41, 5.74) is 2.16. The number of aromatic nitrogens is 3. The number of amides is 1. The van der Waals surface area contributed by atoms with Crippen LogP contribution < -0.4 is 16.0 Å². The predicted octanol–water partition coefficient (Wildman–Crippen LogP) is 3.17. The molecule has 0 saturated heterocycles. The molecule has 0 atom stereocenters. The SMILES string of the molecule is O=C(CCCc1ccccc1)NCCNc1ccc(Nc2ccncc2)nn1. The first-order valence-electron chi connectivity index (χ1n) is 9.35. The van der Waals surface area contributed by atoms with Gasteiger partial charge in [-0.25, -0.2) is 0 Å². The molecule has 28 heavy (non-hydrogen) atoms. The number of rotatable bonds is 10. The fourth-order valence-corrected chi connectivity index (χ4v) is 2.65. The van der Waals surface area contributed by atoms with Gasteiger partial charge in [-0.05, 0) is 42.7 Å². The number of hydrogen-bond acceptors (Lipinski definition) is 6. The Labute approximate surface area is 164 Å². The molecule has 3 aromatic rings. The second-order valence-electron chi connectivity index (χ2n) is 6.28. The summed E-state index contributed by atoms with van der Waals surface area (Å²) in [6.07, 6.45) is 5.72. The van der Waals surface area contributed by atoms with Gasteiger partial charge in [0.1, 0.15) is 5.82 Å². The van der Waals surface area contributed by atoms with Gasteiger partial charge in [-0.1, -0.05) is 30.3 Å². The lowest BCUT2D eigenvalue weighted by Gasteiger charge is -2.08. The summed E-state index contributed by atoms with van der Waals surface area (Å²) in [6.45, 7) is 1.14. The Bertz CT molecular complexity index is 840. The number of benzene rings is 1. The Morgan fingerprint density at radius 2 is 1.61 bits per heavy atom. The highest BCUT2D eigenvalue weighted by molar-refractivity contribution is 5.75. The Morgan fingerprint density at radius 1 is 0.857 bits per heavy atom. The lowest BCUT2D eigenvalue weighted by Crippen LogP contribution is -2.28. The molecule has 3 rings (SSSR count). The van der Waals surface area contributed by atoms with E-state index in [4.69, 9.17) is 0 Å². The normalized spacial score (nSPS) is 10.3.